The Kier molecular flexibility index (Phi) is 4.64. The van der Waals surface area contributed by atoms with Gasteiger partial charge in [0.25, 0.3) is 0 Å². The molecule has 0 spiro atoms. The van der Waals surface area contributed by atoms with Crippen LogP contribution in [0.25, 0.3) is 0 Å². The van der Waals surface area contributed by atoms with Gasteiger partial charge in [0.1, 0.15) is 18.2 Å². The van der Waals surface area contributed by atoms with Gasteiger partial charge in [-0.2, -0.15) is 0 Å². The Morgan fingerprint density at radius 2 is 1.95 bits per heavy atom. The first kappa shape index (κ1) is 14.1. The van der Waals surface area contributed by atoms with E-state index in [1.807, 2.05) is 0 Å². The van der Waals surface area contributed by atoms with Gasteiger partial charge in [0.05, 0.1) is 11.7 Å². The van der Waals surface area contributed by atoms with E-state index in [9.17, 15) is 13.6 Å². The summed E-state index contributed by atoms with van der Waals surface area (Å²) in [6, 6.07) is 2.97. The average Bonchev–Trinajstić information content (AvgIpc) is 2.37. The lowest BCUT2D eigenvalue weighted by Crippen LogP contribution is -2.23. The zero-order valence-corrected chi connectivity index (χ0v) is 11.0. The summed E-state index contributed by atoms with van der Waals surface area (Å²) in [6.07, 6.45) is 4.18. The summed E-state index contributed by atoms with van der Waals surface area (Å²) in [7, 11) is 0. The minimum Gasteiger partial charge on any atom is -0.370 e. The molecule has 2 rings (SSSR count). The molecule has 1 aliphatic rings. The van der Waals surface area contributed by atoms with Crippen LogP contribution >= 0.6 is 0 Å². The molecule has 0 aliphatic heterocycles. The highest BCUT2D eigenvalue weighted by atomic mass is 19.1. The molecule has 1 fully saturated rings. The third-order valence-corrected chi connectivity index (χ3v) is 3.64. The highest BCUT2D eigenvalue weighted by Crippen LogP contribution is 2.25. The van der Waals surface area contributed by atoms with Gasteiger partial charge >= 0.3 is 0 Å². The van der Waals surface area contributed by atoms with Crippen LogP contribution in [0.4, 0.5) is 8.78 Å². The van der Waals surface area contributed by atoms with E-state index in [-0.39, 0.29) is 18.3 Å². The molecule has 0 bridgehead atoms. The highest BCUT2D eigenvalue weighted by Gasteiger charge is 2.20. The number of carbonyl (C=O) groups excluding carboxylic acids is 1. The zero-order chi connectivity index (χ0) is 13.8. The van der Waals surface area contributed by atoms with Crippen molar-refractivity contribution in [2.24, 2.45) is 5.92 Å². The number of hydrogen-bond donors (Lipinski definition) is 0. The monoisotopic (exact) mass is 268 g/mol. The lowest BCUT2D eigenvalue weighted by molar-refractivity contribution is 0.0215. The third kappa shape index (κ3) is 3.83. The van der Waals surface area contributed by atoms with Crippen LogP contribution in [0.3, 0.4) is 0 Å². The van der Waals surface area contributed by atoms with Gasteiger partial charge in [-0.1, -0.05) is 6.92 Å². The van der Waals surface area contributed by atoms with E-state index >= 15 is 0 Å². The Bertz CT molecular complexity index is 451. The highest BCUT2D eigenvalue weighted by molar-refractivity contribution is 5.97. The van der Waals surface area contributed by atoms with E-state index in [1.54, 1.807) is 0 Å². The van der Waals surface area contributed by atoms with Crippen LogP contribution in [0.5, 0.6) is 0 Å². The fraction of sp³-hybridized carbons (Fsp3) is 0.533. The van der Waals surface area contributed by atoms with Gasteiger partial charge in [-0.15, -0.1) is 0 Å². The van der Waals surface area contributed by atoms with Gasteiger partial charge in [-0.25, -0.2) is 8.78 Å². The van der Waals surface area contributed by atoms with Crippen molar-refractivity contribution in [2.75, 3.05) is 6.61 Å². The fourth-order valence-corrected chi connectivity index (χ4v) is 2.38. The molecule has 0 heterocycles. The van der Waals surface area contributed by atoms with Crippen molar-refractivity contribution in [2.45, 2.75) is 38.7 Å². The van der Waals surface area contributed by atoms with Crippen molar-refractivity contribution in [1.82, 2.24) is 0 Å². The first-order valence-electron chi connectivity index (χ1n) is 6.66. The predicted molar refractivity (Wildman–Crippen MR) is 68.1 cm³/mol. The minimum atomic E-state index is -0.828. The molecule has 0 N–H and O–H groups in total. The Balaban J connectivity index is 1.87. The number of ether oxygens (including phenoxy) is 1. The largest absolute Gasteiger partial charge is 0.370 e. The van der Waals surface area contributed by atoms with Crippen molar-refractivity contribution in [3.8, 4) is 0 Å². The summed E-state index contributed by atoms with van der Waals surface area (Å²) in [4.78, 5) is 11.8. The molecule has 0 saturated heterocycles. The summed E-state index contributed by atoms with van der Waals surface area (Å²) in [5.74, 6) is -1.23. The molecule has 1 aromatic carbocycles. The van der Waals surface area contributed by atoms with Crippen LogP contribution in [-0.4, -0.2) is 18.5 Å². The Morgan fingerprint density at radius 3 is 2.58 bits per heavy atom. The maximum Gasteiger partial charge on any atom is 0.191 e. The molecule has 19 heavy (non-hydrogen) atoms. The molecule has 104 valence electrons. The summed E-state index contributed by atoms with van der Waals surface area (Å²) >= 11 is 0. The fourth-order valence-electron chi connectivity index (χ4n) is 2.38. The second-order valence-electron chi connectivity index (χ2n) is 5.24. The number of rotatable bonds is 4. The lowest BCUT2D eigenvalue weighted by atomic mass is 9.89. The number of ketones is 1. The van der Waals surface area contributed by atoms with Crippen LogP contribution < -0.4 is 0 Å². The quantitative estimate of drug-likeness (QED) is 0.777. The van der Waals surface area contributed by atoms with E-state index in [0.717, 1.165) is 37.8 Å². The van der Waals surface area contributed by atoms with Crippen molar-refractivity contribution >= 4 is 5.78 Å². The number of benzene rings is 1. The molecule has 0 amide bonds. The smallest absolute Gasteiger partial charge is 0.191 e. The second kappa shape index (κ2) is 6.24. The zero-order valence-electron chi connectivity index (χ0n) is 11.0. The van der Waals surface area contributed by atoms with Gasteiger partial charge < -0.3 is 4.74 Å². The summed E-state index contributed by atoms with van der Waals surface area (Å²) in [5.41, 5.74) is -0.106. The van der Waals surface area contributed by atoms with Gasteiger partial charge in [0.15, 0.2) is 5.78 Å². The topological polar surface area (TPSA) is 26.3 Å². The number of Topliss-reactive ketones (excluding diaryl/α,β-unsaturated/α-hetero) is 1. The van der Waals surface area contributed by atoms with Crippen molar-refractivity contribution in [3.63, 3.8) is 0 Å². The first-order valence-corrected chi connectivity index (χ1v) is 6.66. The Labute approximate surface area is 111 Å². The van der Waals surface area contributed by atoms with E-state index in [4.69, 9.17) is 4.74 Å². The molecule has 0 aromatic heterocycles. The summed E-state index contributed by atoms with van der Waals surface area (Å²) < 4.78 is 31.7. The molecule has 0 unspecified atom stereocenters. The van der Waals surface area contributed by atoms with Gasteiger partial charge in [-0.05, 0) is 43.7 Å². The van der Waals surface area contributed by atoms with E-state index in [2.05, 4.69) is 6.92 Å². The molecule has 1 aromatic rings. The first-order chi connectivity index (χ1) is 9.06. The molecule has 0 atom stereocenters. The van der Waals surface area contributed by atoms with Gasteiger partial charge in [0, 0.05) is 6.07 Å². The van der Waals surface area contributed by atoms with Crippen molar-refractivity contribution in [1.29, 1.82) is 0 Å². The molecule has 1 saturated carbocycles. The van der Waals surface area contributed by atoms with Crippen molar-refractivity contribution < 1.29 is 18.3 Å². The predicted octanol–water partition coefficient (Wildman–Crippen LogP) is 3.74. The maximum atomic E-state index is 13.4. The molecule has 1 aliphatic carbocycles. The van der Waals surface area contributed by atoms with Crippen LogP contribution in [0, 0.1) is 17.6 Å². The number of hydrogen-bond acceptors (Lipinski definition) is 2. The van der Waals surface area contributed by atoms with Crippen LogP contribution in [-0.2, 0) is 4.74 Å². The van der Waals surface area contributed by atoms with Gasteiger partial charge in [0.2, 0.25) is 0 Å². The Hall–Kier alpha value is -1.29. The van der Waals surface area contributed by atoms with Crippen LogP contribution in [0.2, 0.25) is 0 Å². The van der Waals surface area contributed by atoms with E-state index < -0.39 is 17.4 Å². The Morgan fingerprint density at radius 1 is 1.26 bits per heavy atom. The lowest BCUT2D eigenvalue weighted by Gasteiger charge is -2.25. The van der Waals surface area contributed by atoms with Crippen LogP contribution in [0.1, 0.15) is 43.0 Å². The minimum absolute atomic E-state index is 0.0867. The maximum absolute atomic E-state index is 13.4. The molecule has 2 nitrogen and oxygen atoms in total. The second-order valence-corrected chi connectivity index (χ2v) is 5.24. The van der Waals surface area contributed by atoms with Crippen molar-refractivity contribution in [3.05, 3.63) is 35.4 Å². The van der Waals surface area contributed by atoms with E-state index in [0.29, 0.717) is 5.92 Å². The molecular weight excluding hydrogens is 250 g/mol. The standard InChI is InChI=1S/C15H18F2O2/c1-10-2-5-12(6-3-10)19-9-15(18)13-7-4-11(16)8-14(13)17/h4,7-8,10,12H,2-3,5-6,9H2,1H3. The summed E-state index contributed by atoms with van der Waals surface area (Å²) in [6.45, 7) is 2.07. The number of carbonyl (C=O) groups is 1. The molecule has 0 radical (unpaired) electrons. The molecular formula is C15H18F2O2. The third-order valence-electron chi connectivity index (χ3n) is 3.64. The molecule has 4 heteroatoms. The summed E-state index contributed by atoms with van der Waals surface area (Å²) in [5, 5.41) is 0. The van der Waals surface area contributed by atoms with E-state index in [1.165, 1.54) is 6.07 Å². The normalized spacial score (nSPS) is 23.3. The SMILES string of the molecule is CC1CCC(OCC(=O)c2ccc(F)cc2F)CC1. The average molecular weight is 268 g/mol. The number of halogens is 2. The van der Waals surface area contributed by atoms with Crippen LogP contribution in [0.15, 0.2) is 18.2 Å². The van der Waals surface area contributed by atoms with Gasteiger partial charge in [-0.3, -0.25) is 4.79 Å².